The molecule has 1 aliphatic heterocycles. The predicted molar refractivity (Wildman–Crippen MR) is 136 cm³/mol. The van der Waals surface area contributed by atoms with Gasteiger partial charge in [-0.05, 0) is 30.4 Å². The van der Waals surface area contributed by atoms with Crippen LogP contribution in [-0.4, -0.2) is 57.6 Å². The third-order valence-electron chi connectivity index (χ3n) is 6.25. The lowest BCUT2D eigenvalue weighted by Gasteiger charge is -2.36. The van der Waals surface area contributed by atoms with E-state index in [0.29, 0.717) is 0 Å². The minimum atomic E-state index is -0.711. The van der Waals surface area contributed by atoms with Crippen LogP contribution in [0.25, 0.3) is 10.4 Å². The summed E-state index contributed by atoms with van der Waals surface area (Å²) in [5.74, 6) is -0.383. The van der Waals surface area contributed by atoms with E-state index < -0.39 is 18.2 Å². The highest BCUT2D eigenvalue weighted by Crippen LogP contribution is 2.29. The molecule has 0 saturated carbocycles. The molecular weight excluding hydrogens is 448 g/mol. The summed E-state index contributed by atoms with van der Waals surface area (Å²) in [6.07, 6.45) is -0.469. The summed E-state index contributed by atoms with van der Waals surface area (Å²) in [7, 11) is 0. The third-order valence-corrected chi connectivity index (χ3v) is 7.23. The second-order valence-electron chi connectivity index (χ2n) is 10.6. The summed E-state index contributed by atoms with van der Waals surface area (Å²) in [5.41, 5.74) is 4.59. The fraction of sp³-hybridized carbons (Fsp3) is 0.577. The summed E-state index contributed by atoms with van der Waals surface area (Å²) in [6.45, 7) is 14.1. The molecule has 186 valence electrons. The third kappa shape index (κ3) is 6.03. The molecule has 3 N–H and O–H groups in total. The van der Waals surface area contributed by atoms with Gasteiger partial charge in [0.1, 0.15) is 6.04 Å². The smallest absolute Gasteiger partial charge is 0.243 e. The normalized spacial score (nSPS) is 20.4. The molecule has 2 amide bonds. The number of carbonyl (C=O) groups excluding carboxylic acids is 2. The molecule has 8 heteroatoms. The highest BCUT2D eigenvalue weighted by atomic mass is 32.1. The van der Waals surface area contributed by atoms with Crippen LogP contribution in [0.15, 0.2) is 29.8 Å². The standard InChI is InChI=1S/C26H38N4O3S/c1-15(2)28-23(26(5,6)7)25(33)30-13-20(31)12-21(30)24(32)29-16(3)18-8-10-19(11-9-18)22-17(4)27-14-34-22/h8-11,14-16,20-21,23,28,31H,12-13H2,1-7H3,(H,29,32)/t16-,20+,21-,23+/m0/s1. The van der Waals surface area contributed by atoms with E-state index in [1.807, 2.05) is 78.2 Å². The quantitative estimate of drug-likeness (QED) is 0.555. The van der Waals surface area contributed by atoms with Crippen molar-refractivity contribution in [2.45, 2.75) is 85.2 Å². The number of amides is 2. The Hall–Kier alpha value is -2.29. The monoisotopic (exact) mass is 486 g/mol. The fourth-order valence-electron chi connectivity index (χ4n) is 4.39. The minimum Gasteiger partial charge on any atom is -0.391 e. The topological polar surface area (TPSA) is 94.6 Å². The molecule has 34 heavy (non-hydrogen) atoms. The Labute approximate surface area is 207 Å². The SMILES string of the molecule is Cc1ncsc1-c1ccc([C@H](C)NC(=O)[C@@H]2C[C@@H](O)CN2C(=O)[C@@H](NC(C)C)C(C)(C)C)cc1. The lowest BCUT2D eigenvalue weighted by atomic mass is 9.85. The molecule has 2 aromatic rings. The van der Waals surface area contributed by atoms with Gasteiger partial charge in [0.2, 0.25) is 11.8 Å². The molecule has 0 radical (unpaired) electrons. The first-order valence-corrected chi connectivity index (χ1v) is 12.8. The maximum Gasteiger partial charge on any atom is 0.243 e. The molecule has 3 rings (SSSR count). The first kappa shape index (κ1) is 26.3. The van der Waals surface area contributed by atoms with Crippen LogP contribution in [0.4, 0.5) is 0 Å². The van der Waals surface area contributed by atoms with Gasteiger partial charge in [-0.25, -0.2) is 4.98 Å². The number of β-amino-alcohol motifs (C(OH)–C–C–N with tert-alkyl or cyclic N) is 1. The Morgan fingerprint density at radius 1 is 1.18 bits per heavy atom. The van der Waals surface area contributed by atoms with Gasteiger partial charge in [-0.1, -0.05) is 58.9 Å². The van der Waals surface area contributed by atoms with Gasteiger partial charge in [-0.3, -0.25) is 9.59 Å². The summed E-state index contributed by atoms with van der Waals surface area (Å²) in [4.78, 5) is 33.7. The van der Waals surface area contributed by atoms with Crippen LogP contribution < -0.4 is 10.6 Å². The molecule has 0 aliphatic carbocycles. The summed E-state index contributed by atoms with van der Waals surface area (Å²) in [6, 6.07) is 6.84. The molecule has 0 bridgehead atoms. The van der Waals surface area contributed by atoms with Crippen LogP contribution in [0, 0.1) is 12.3 Å². The van der Waals surface area contributed by atoms with E-state index in [2.05, 4.69) is 15.6 Å². The number of hydrogen-bond donors (Lipinski definition) is 3. The summed E-state index contributed by atoms with van der Waals surface area (Å²) in [5, 5.41) is 16.7. The van der Waals surface area contributed by atoms with Gasteiger partial charge in [0.05, 0.1) is 34.3 Å². The molecule has 1 saturated heterocycles. The first-order valence-electron chi connectivity index (χ1n) is 11.9. The number of thiazole rings is 1. The zero-order valence-electron chi connectivity index (χ0n) is 21.3. The minimum absolute atomic E-state index is 0.115. The lowest BCUT2D eigenvalue weighted by molar-refractivity contribution is -0.142. The lowest BCUT2D eigenvalue weighted by Crippen LogP contribution is -2.57. The molecule has 1 aliphatic rings. The van der Waals surface area contributed by atoms with E-state index in [9.17, 15) is 14.7 Å². The van der Waals surface area contributed by atoms with Crippen molar-refractivity contribution in [3.05, 3.63) is 41.0 Å². The van der Waals surface area contributed by atoms with E-state index in [1.165, 1.54) is 0 Å². The number of aliphatic hydroxyl groups excluding tert-OH is 1. The Balaban J connectivity index is 1.72. The molecule has 1 aromatic heterocycles. The van der Waals surface area contributed by atoms with Gasteiger partial charge >= 0.3 is 0 Å². The number of hydrogen-bond acceptors (Lipinski definition) is 6. The Morgan fingerprint density at radius 3 is 2.35 bits per heavy atom. The van der Waals surface area contributed by atoms with Gasteiger partial charge in [0, 0.05) is 19.0 Å². The number of nitrogens with one attached hydrogen (secondary N) is 2. The van der Waals surface area contributed by atoms with Gasteiger partial charge in [-0.15, -0.1) is 11.3 Å². The second kappa shape index (κ2) is 10.5. The zero-order valence-corrected chi connectivity index (χ0v) is 22.1. The van der Waals surface area contributed by atoms with Gasteiger partial charge < -0.3 is 20.6 Å². The molecule has 0 unspecified atom stereocenters. The number of aliphatic hydroxyl groups is 1. The van der Waals surface area contributed by atoms with E-state index >= 15 is 0 Å². The van der Waals surface area contributed by atoms with Crippen LogP contribution in [0.5, 0.6) is 0 Å². The molecule has 0 spiro atoms. The largest absolute Gasteiger partial charge is 0.391 e. The van der Waals surface area contributed by atoms with Crippen molar-refractivity contribution in [2.24, 2.45) is 5.41 Å². The zero-order chi connectivity index (χ0) is 25.2. The van der Waals surface area contributed by atoms with E-state index in [4.69, 9.17) is 0 Å². The van der Waals surface area contributed by atoms with Crippen molar-refractivity contribution < 1.29 is 14.7 Å². The van der Waals surface area contributed by atoms with Crippen molar-refractivity contribution >= 4 is 23.2 Å². The van der Waals surface area contributed by atoms with E-state index in [-0.39, 0.29) is 42.3 Å². The van der Waals surface area contributed by atoms with Crippen LogP contribution in [0.3, 0.4) is 0 Å². The average Bonchev–Trinajstić information content (AvgIpc) is 3.36. The maximum absolute atomic E-state index is 13.5. The Kier molecular flexibility index (Phi) is 8.16. The Bertz CT molecular complexity index is 996. The number of likely N-dealkylation sites (tertiary alicyclic amines) is 1. The van der Waals surface area contributed by atoms with Gasteiger partial charge in [0.15, 0.2) is 0 Å². The Morgan fingerprint density at radius 2 is 1.82 bits per heavy atom. The number of benzene rings is 1. The van der Waals surface area contributed by atoms with Gasteiger partial charge in [-0.2, -0.15) is 0 Å². The molecule has 1 aromatic carbocycles. The summed E-state index contributed by atoms with van der Waals surface area (Å²) < 4.78 is 0. The maximum atomic E-state index is 13.5. The van der Waals surface area contributed by atoms with E-state index in [0.717, 1.165) is 21.7 Å². The molecule has 1 fully saturated rings. The van der Waals surface area contributed by atoms with Crippen molar-refractivity contribution in [2.75, 3.05) is 6.54 Å². The number of nitrogens with zero attached hydrogens (tertiary/aromatic N) is 2. The van der Waals surface area contributed by atoms with Crippen LogP contribution in [-0.2, 0) is 9.59 Å². The van der Waals surface area contributed by atoms with Crippen molar-refractivity contribution in [3.8, 4) is 10.4 Å². The van der Waals surface area contributed by atoms with Crippen molar-refractivity contribution in [1.82, 2.24) is 20.5 Å². The number of rotatable bonds is 7. The highest BCUT2D eigenvalue weighted by Gasteiger charge is 2.44. The van der Waals surface area contributed by atoms with E-state index in [1.54, 1.807) is 16.2 Å². The van der Waals surface area contributed by atoms with Crippen LogP contribution in [0.2, 0.25) is 0 Å². The first-order chi connectivity index (χ1) is 15.9. The fourth-order valence-corrected chi connectivity index (χ4v) is 5.20. The van der Waals surface area contributed by atoms with Crippen molar-refractivity contribution in [3.63, 3.8) is 0 Å². The predicted octanol–water partition coefficient (Wildman–Crippen LogP) is 3.67. The molecule has 2 heterocycles. The van der Waals surface area contributed by atoms with Crippen LogP contribution in [0.1, 0.15) is 65.3 Å². The number of aromatic nitrogens is 1. The molecular formula is C26H38N4O3S. The molecule has 7 nitrogen and oxygen atoms in total. The van der Waals surface area contributed by atoms with Gasteiger partial charge in [0.25, 0.3) is 0 Å². The summed E-state index contributed by atoms with van der Waals surface area (Å²) >= 11 is 1.61. The number of aryl methyl sites for hydroxylation is 1. The number of carbonyl (C=O) groups is 2. The highest BCUT2D eigenvalue weighted by molar-refractivity contribution is 7.13. The van der Waals surface area contributed by atoms with Crippen molar-refractivity contribution in [1.29, 1.82) is 0 Å². The second-order valence-corrected chi connectivity index (χ2v) is 11.5. The van der Waals surface area contributed by atoms with Crippen LogP contribution >= 0.6 is 11.3 Å². The average molecular weight is 487 g/mol. The molecule has 4 atom stereocenters.